The highest BCUT2D eigenvalue weighted by atomic mass is 15.2. The summed E-state index contributed by atoms with van der Waals surface area (Å²) in [4.78, 5) is 6.61. The molecule has 0 amide bonds. The van der Waals surface area contributed by atoms with Crippen LogP contribution in [0.1, 0.15) is 12.8 Å². The fourth-order valence-electron chi connectivity index (χ4n) is 2.11. The molecular formula is C12H19N3. The minimum absolute atomic E-state index is 0.501. The van der Waals surface area contributed by atoms with Crippen LogP contribution in [0.3, 0.4) is 0 Å². The van der Waals surface area contributed by atoms with Crippen molar-refractivity contribution in [2.24, 2.45) is 5.41 Å². The molecule has 1 aliphatic carbocycles. The summed E-state index contributed by atoms with van der Waals surface area (Å²) in [6.45, 7) is 2.22. The van der Waals surface area contributed by atoms with Gasteiger partial charge < -0.3 is 10.2 Å². The minimum Gasteiger partial charge on any atom is -0.359 e. The van der Waals surface area contributed by atoms with E-state index in [4.69, 9.17) is 0 Å². The molecule has 1 fully saturated rings. The molecule has 1 saturated carbocycles. The number of pyridine rings is 1. The number of aromatic nitrogens is 1. The van der Waals surface area contributed by atoms with Crippen molar-refractivity contribution >= 4 is 5.82 Å². The predicted octanol–water partition coefficient (Wildman–Crippen LogP) is 1.52. The third-order valence-electron chi connectivity index (χ3n) is 3.12. The van der Waals surface area contributed by atoms with Gasteiger partial charge >= 0.3 is 0 Å². The zero-order valence-corrected chi connectivity index (χ0v) is 9.53. The molecule has 1 aliphatic rings. The summed E-state index contributed by atoms with van der Waals surface area (Å²) in [5.41, 5.74) is 0.501. The molecule has 82 valence electrons. The van der Waals surface area contributed by atoms with Crippen molar-refractivity contribution in [1.29, 1.82) is 0 Å². The highest BCUT2D eigenvalue weighted by Crippen LogP contribution is 2.45. The lowest BCUT2D eigenvalue weighted by Crippen LogP contribution is -2.33. The largest absolute Gasteiger partial charge is 0.359 e. The SMILES string of the molecule is CNCC1(CN(C)c2ccccn2)CC1. The molecule has 0 aliphatic heterocycles. The fourth-order valence-corrected chi connectivity index (χ4v) is 2.11. The van der Waals surface area contributed by atoms with E-state index >= 15 is 0 Å². The van der Waals surface area contributed by atoms with E-state index in [1.807, 2.05) is 25.4 Å². The van der Waals surface area contributed by atoms with Crippen LogP contribution in [-0.2, 0) is 0 Å². The van der Waals surface area contributed by atoms with Crippen LogP contribution < -0.4 is 10.2 Å². The lowest BCUT2D eigenvalue weighted by molar-refractivity contribution is 0.481. The first-order valence-corrected chi connectivity index (χ1v) is 5.53. The van der Waals surface area contributed by atoms with Gasteiger partial charge in [-0.2, -0.15) is 0 Å². The molecule has 0 spiro atoms. The fraction of sp³-hybridized carbons (Fsp3) is 0.583. The lowest BCUT2D eigenvalue weighted by atomic mass is 10.1. The minimum atomic E-state index is 0.501. The molecule has 0 saturated heterocycles. The van der Waals surface area contributed by atoms with Crippen LogP contribution >= 0.6 is 0 Å². The second-order valence-corrected chi connectivity index (χ2v) is 4.57. The molecule has 2 rings (SSSR count). The van der Waals surface area contributed by atoms with E-state index in [1.54, 1.807) is 0 Å². The number of rotatable bonds is 5. The van der Waals surface area contributed by atoms with Gasteiger partial charge in [0.2, 0.25) is 0 Å². The summed E-state index contributed by atoms with van der Waals surface area (Å²) in [7, 11) is 4.15. The average molecular weight is 205 g/mol. The number of anilines is 1. The van der Waals surface area contributed by atoms with Crippen LogP contribution in [0.2, 0.25) is 0 Å². The second kappa shape index (κ2) is 4.19. The molecule has 1 aromatic heterocycles. The maximum absolute atomic E-state index is 4.36. The van der Waals surface area contributed by atoms with E-state index in [-0.39, 0.29) is 0 Å². The summed E-state index contributed by atoms with van der Waals surface area (Å²) in [6, 6.07) is 6.06. The Morgan fingerprint density at radius 3 is 2.80 bits per heavy atom. The zero-order valence-electron chi connectivity index (χ0n) is 9.53. The molecule has 1 N–H and O–H groups in total. The standard InChI is InChI=1S/C12H19N3/c1-13-9-12(6-7-12)10-15(2)11-5-3-4-8-14-11/h3-5,8,13H,6-7,9-10H2,1-2H3. The van der Waals surface area contributed by atoms with E-state index in [2.05, 4.69) is 28.3 Å². The highest BCUT2D eigenvalue weighted by Gasteiger charge is 2.42. The van der Waals surface area contributed by atoms with Crippen LogP contribution in [-0.4, -0.2) is 32.2 Å². The van der Waals surface area contributed by atoms with Gasteiger partial charge in [-0.15, -0.1) is 0 Å². The van der Waals surface area contributed by atoms with E-state index in [1.165, 1.54) is 12.8 Å². The third kappa shape index (κ3) is 2.48. The summed E-state index contributed by atoms with van der Waals surface area (Å²) < 4.78 is 0. The molecule has 0 radical (unpaired) electrons. The summed E-state index contributed by atoms with van der Waals surface area (Å²) in [5.74, 6) is 1.07. The monoisotopic (exact) mass is 205 g/mol. The average Bonchev–Trinajstić information content (AvgIpc) is 3.00. The first-order chi connectivity index (χ1) is 7.26. The molecular weight excluding hydrogens is 186 g/mol. The normalized spacial score (nSPS) is 17.5. The van der Waals surface area contributed by atoms with E-state index < -0.39 is 0 Å². The van der Waals surface area contributed by atoms with Crippen molar-refractivity contribution in [3.63, 3.8) is 0 Å². The van der Waals surface area contributed by atoms with Gasteiger partial charge in [0.05, 0.1) is 0 Å². The Morgan fingerprint density at radius 1 is 1.47 bits per heavy atom. The molecule has 3 nitrogen and oxygen atoms in total. The molecule has 1 aromatic rings. The van der Waals surface area contributed by atoms with Gasteiger partial charge in [0.1, 0.15) is 5.82 Å². The highest BCUT2D eigenvalue weighted by molar-refractivity contribution is 5.37. The Morgan fingerprint density at radius 2 is 2.27 bits per heavy atom. The number of hydrogen-bond donors (Lipinski definition) is 1. The Bertz CT molecular complexity index is 306. The van der Waals surface area contributed by atoms with E-state index in [9.17, 15) is 0 Å². The maximum atomic E-state index is 4.36. The van der Waals surface area contributed by atoms with Gasteiger partial charge in [0.25, 0.3) is 0 Å². The smallest absolute Gasteiger partial charge is 0.128 e. The Hall–Kier alpha value is -1.09. The lowest BCUT2D eigenvalue weighted by Gasteiger charge is -2.24. The summed E-state index contributed by atoms with van der Waals surface area (Å²) >= 11 is 0. The van der Waals surface area contributed by atoms with Crippen molar-refractivity contribution in [1.82, 2.24) is 10.3 Å². The third-order valence-corrected chi connectivity index (χ3v) is 3.12. The molecule has 0 bridgehead atoms. The van der Waals surface area contributed by atoms with E-state index in [0.29, 0.717) is 5.41 Å². The quantitative estimate of drug-likeness (QED) is 0.790. The molecule has 0 aromatic carbocycles. The van der Waals surface area contributed by atoms with Crippen LogP contribution in [0.25, 0.3) is 0 Å². The van der Waals surface area contributed by atoms with Gasteiger partial charge in [-0.05, 0) is 32.0 Å². The first kappa shape index (κ1) is 10.4. The van der Waals surface area contributed by atoms with Crippen LogP contribution in [0.5, 0.6) is 0 Å². The Labute approximate surface area is 91.5 Å². The van der Waals surface area contributed by atoms with Crippen molar-refractivity contribution in [3.05, 3.63) is 24.4 Å². The summed E-state index contributed by atoms with van der Waals surface area (Å²) in [5, 5.41) is 3.28. The first-order valence-electron chi connectivity index (χ1n) is 5.53. The number of nitrogens with one attached hydrogen (secondary N) is 1. The molecule has 0 unspecified atom stereocenters. The molecule has 0 atom stereocenters. The van der Waals surface area contributed by atoms with Crippen molar-refractivity contribution in [2.75, 3.05) is 32.1 Å². The van der Waals surface area contributed by atoms with E-state index in [0.717, 1.165) is 18.9 Å². The topological polar surface area (TPSA) is 28.2 Å². The van der Waals surface area contributed by atoms with Crippen LogP contribution in [0, 0.1) is 5.41 Å². The summed E-state index contributed by atoms with van der Waals surface area (Å²) in [6.07, 6.45) is 4.53. The van der Waals surface area contributed by atoms with Crippen LogP contribution in [0.15, 0.2) is 24.4 Å². The molecule has 3 heteroatoms. The molecule has 1 heterocycles. The molecule has 15 heavy (non-hydrogen) atoms. The number of hydrogen-bond acceptors (Lipinski definition) is 3. The van der Waals surface area contributed by atoms with Gasteiger partial charge in [0, 0.05) is 31.7 Å². The van der Waals surface area contributed by atoms with Gasteiger partial charge in [-0.3, -0.25) is 0 Å². The Kier molecular flexibility index (Phi) is 2.91. The van der Waals surface area contributed by atoms with Crippen LogP contribution in [0.4, 0.5) is 5.82 Å². The zero-order chi connectivity index (χ0) is 10.7. The predicted molar refractivity (Wildman–Crippen MR) is 63.1 cm³/mol. The second-order valence-electron chi connectivity index (χ2n) is 4.57. The van der Waals surface area contributed by atoms with Gasteiger partial charge in [0.15, 0.2) is 0 Å². The van der Waals surface area contributed by atoms with Crippen molar-refractivity contribution in [2.45, 2.75) is 12.8 Å². The van der Waals surface area contributed by atoms with Gasteiger partial charge in [-0.25, -0.2) is 4.98 Å². The number of nitrogens with zero attached hydrogens (tertiary/aromatic N) is 2. The van der Waals surface area contributed by atoms with Crippen molar-refractivity contribution < 1.29 is 0 Å². The van der Waals surface area contributed by atoms with Crippen molar-refractivity contribution in [3.8, 4) is 0 Å². The van der Waals surface area contributed by atoms with Gasteiger partial charge in [-0.1, -0.05) is 6.07 Å². The Balaban J connectivity index is 1.95. The maximum Gasteiger partial charge on any atom is 0.128 e.